The van der Waals surface area contributed by atoms with Crippen LogP contribution in [0, 0.1) is 5.82 Å². The summed E-state index contributed by atoms with van der Waals surface area (Å²) in [5.41, 5.74) is 0.692. The zero-order valence-electron chi connectivity index (χ0n) is 8.63. The molecule has 1 saturated heterocycles. The van der Waals surface area contributed by atoms with Crippen molar-refractivity contribution < 1.29 is 9.13 Å². The van der Waals surface area contributed by atoms with Crippen LogP contribution in [-0.2, 0) is 4.74 Å². The van der Waals surface area contributed by atoms with E-state index in [1.165, 1.54) is 6.07 Å². The largest absolute Gasteiger partial charge is 0.371 e. The Hall–Kier alpha value is -0.580. The summed E-state index contributed by atoms with van der Waals surface area (Å²) in [6, 6.07) is 5.16. The molecule has 0 aliphatic carbocycles. The molecular formula is C11H14FNOS. The topological polar surface area (TPSA) is 21.3 Å². The Morgan fingerprint density at radius 1 is 1.53 bits per heavy atom. The van der Waals surface area contributed by atoms with Crippen molar-refractivity contribution in [3.63, 3.8) is 0 Å². The van der Waals surface area contributed by atoms with Crippen LogP contribution < -0.4 is 5.32 Å². The molecule has 0 radical (unpaired) electrons. The van der Waals surface area contributed by atoms with E-state index in [1.807, 2.05) is 12.3 Å². The highest BCUT2D eigenvalue weighted by atomic mass is 32.2. The molecule has 1 aliphatic heterocycles. The van der Waals surface area contributed by atoms with E-state index >= 15 is 0 Å². The molecule has 4 heteroatoms. The van der Waals surface area contributed by atoms with Crippen molar-refractivity contribution in [2.75, 3.05) is 26.0 Å². The molecule has 1 N–H and O–H groups in total. The zero-order valence-corrected chi connectivity index (χ0v) is 9.44. The molecule has 2 rings (SSSR count). The Labute approximate surface area is 93.2 Å². The predicted octanol–water partition coefficient (Wildman–Crippen LogP) is 2.21. The second-order valence-corrected chi connectivity index (χ2v) is 4.27. The molecule has 82 valence electrons. The number of hydrogen-bond donors (Lipinski definition) is 1. The first kappa shape index (κ1) is 10.9. The SMILES string of the molecule is CSc1cccc(F)c1C1CNCCO1. The highest BCUT2D eigenvalue weighted by Crippen LogP contribution is 2.30. The van der Waals surface area contributed by atoms with Gasteiger partial charge in [-0.1, -0.05) is 6.07 Å². The summed E-state index contributed by atoms with van der Waals surface area (Å²) >= 11 is 1.56. The minimum atomic E-state index is -0.171. The molecule has 0 amide bonds. The van der Waals surface area contributed by atoms with Crippen LogP contribution in [-0.4, -0.2) is 26.0 Å². The highest BCUT2D eigenvalue weighted by Gasteiger charge is 2.21. The van der Waals surface area contributed by atoms with Crippen LogP contribution in [0.4, 0.5) is 4.39 Å². The Kier molecular flexibility index (Phi) is 3.61. The lowest BCUT2D eigenvalue weighted by atomic mass is 10.1. The van der Waals surface area contributed by atoms with E-state index < -0.39 is 0 Å². The average Bonchev–Trinajstić information content (AvgIpc) is 2.29. The van der Waals surface area contributed by atoms with Gasteiger partial charge in [-0.15, -0.1) is 11.8 Å². The van der Waals surface area contributed by atoms with Crippen molar-refractivity contribution in [3.05, 3.63) is 29.6 Å². The first-order chi connectivity index (χ1) is 7.33. The van der Waals surface area contributed by atoms with Gasteiger partial charge < -0.3 is 10.1 Å². The molecular weight excluding hydrogens is 213 g/mol. The maximum Gasteiger partial charge on any atom is 0.130 e. The van der Waals surface area contributed by atoms with Gasteiger partial charge in [0.05, 0.1) is 12.7 Å². The number of thioether (sulfide) groups is 1. The standard InChI is InChI=1S/C11H14FNOS/c1-15-10-4-2-3-8(12)11(10)9-7-13-5-6-14-9/h2-4,9,13H,5-7H2,1H3. The third kappa shape index (κ3) is 2.33. The fourth-order valence-corrected chi connectivity index (χ4v) is 2.42. The van der Waals surface area contributed by atoms with Gasteiger partial charge >= 0.3 is 0 Å². The summed E-state index contributed by atoms with van der Waals surface area (Å²) in [6.07, 6.45) is 1.80. The molecule has 0 bridgehead atoms. The third-order valence-electron chi connectivity index (χ3n) is 2.48. The molecule has 1 unspecified atom stereocenters. The summed E-state index contributed by atoms with van der Waals surface area (Å²) in [5.74, 6) is -0.171. The predicted molar refractivity (Wildman–Crippen MR) is 59.7 cm³/mol. The molecule has 0 aromatic heterocycles. The second-order valence-electron chi connectivity index (χ2n) is 3.42. The minimum Gasteiger partial charge on any atom is -0.371 e. The maximum absolute atomic E-state index is 13.7. The van der Waals surface area contributed by atoms with Crippen LogP contribution >= 0.6 is 11.8 Å². The van der Waals surface area contributed by atoms with Crippen LogP contribution in [0.15, 0.2) is 23.1 Å². The number of rotatable bonds is 2. The van der Waals surface area contributed by atoms with Crippen molar-refractivity contribution in [1.82, 2.24) is 5.32 Å². The highest BCUT2D eigenvalue weighted by molar-refractivity contribution is 7.98. The molecule has 1 aromatic rings. The van der Waals surface area contributed by atoms with Gasteiger partial charge in [0.2, 0.25) is 0 Å². The van der Waals surface area contributed by atoms with E-state index in [1.54, 1.807) is 17.8 Å². The van der Waals surface area contributed by atoms with Crippen LogP contribution in [0.5, 0.6) is 0 Å². The lowest BCUT2D eigenvalue weighted by molar-refractivity contribution is 0.0238. The van der Waals surface area contributed by atoms with E-state index in [0.29, 0.717) is 18.7 Å². The zero-order chi connectivity index (χ0) is 10.7. The van der Waals surface area contributed by atoms with Crippen LogP contribution in [0.25, 0.3) is 0 Å². The molecule has 1 aliphatic rings. The van der Waals surface area contributed by atoms with Gasteiger partial charge in [0, 0.05) is 23.5 Å². The van der Waals surface area contributed by atoms with Gasteiger partial charge in [0.15, 0.2) is 0 Å². The normalized spacial score (nSPS) is 21.6. The Balaban J connectivity index is 2.31. The van der Waals surface area contributed by atoms with Crippen molar-refractivity contribution >= 4 is 11.8 Å². The van der Waals surface area contributed by atoms with Crippen molar-refractivity contribution in [3.8, 4) is 0 Å². The van der Waals surface area contributed by atoms with Gasteiger partial charge in [0.25, 0.3) is 0 Å². The average molecular weight is 227 g/mol. The lowest BCUT2D eigenvalue weighted by Crippen LogP contribution is -2.34. The van der Waals surface area contributed by atoms with E-state index in [-0.39, 0.29) is 11.9 Å². The van der Waals surface area contributed by atoms with Crippen LogP contribution in [0.3, 0.4) is 0 Å². The van der Waals surface area contributed by atoms with Gasteiger partial charge in [0.1, 0.15) is 5.82 Å². The Morgan fingerprint density at radius 2 is 2.40 bits per heavy atom. The Morgan fingerprint density at radius 3 is 3.07 bits per heavy atom. The molecule has 2 nitrogen and oxygen atoms in total. The van der Waals surface area contributed by atoms with Crippen LogP contribution in [0.1, 0.15) is 11.7 Å². The van der Waals surface area contributed by atoms with E-state index in [4.69, 9.17) is 4.74 Å². The minimum absolute atomic E-state index is 0.151. The van der Waals surface area contributed by atoms with Crippen molar-refractivity contribution in [1.29, 1.82) is 0 Å². The third-order valence-corrected chi connectivity index (χ3v) is 3.28. The smallest absolute Gasteiger partial charge is 0.130 e. The van der Waals surface area contributed by atoms with Crippen LogP contribution in [0.2, 0.25) is 0 Å². The molecule has 0 spiro atoms. The summed E-state index contributed by atoms with van der Waals surface area (Å²) in [4.78, 5) is 0.962. The second kappa shape index (κ2) is 4.96. The monoisotopic (exact) mass is 227 g/mol. The number of nitrogens with one attached hydrogen (secondary N) is 1. The van der Waals surface area contributed by atoms with Crippen molar-refractivity contribution in [2.24, 2.45) is 0 Å². The van der Waals surface area contributed by atoms with Gasteiger partial charge in [-0.25, -0.2) is 4.39 Å². The summed E-state index contributed by atoms with van der Waals surface area (Å²) < 4.78 is 19.3. The molecule has 1 fully saturated rings. The number of benzene rings is 1. The van der Waals surface area contributed by atoms with Crippen molar-refractivity contribution in [2.45, 2.75) is 11.0 Å². The molecule has 15 heavy (non-hydrogen) atoms. The maximum atomic E-state index is 13.7. The quantitative estimate of drug-likeness (QED) is 0.783. The first-order valence-electron chi connectivity index (χ1n) is 4.97. The van der Waals surface area contributed by atoms with Gasteiger partial charge in [-0.3, -0.25) is 0 Å². The number of morpholine rings is 1. The first-order valence-corrected chi connectivity index (χ1v) is 6.20. The summed E-state index contributed by atoms with van der Waals surface area (Å²) in [5, 5.41) is 3.21. The molecule has 1 aromatic carbocycles. The van der Waals surface area contributed by atoms with E-state index in [0.717, 1.165) is 11.4 Å². The fraction of sp³-hybridized carbons (Fsp3) is 0.455. The number of hydrogen-bond acceptors (Lipinski definition) is 3. The van der Waals surface area contributed by atoms with Gasteiger partial charge in [-0.2, -0.15) is 0 Å². The molecule has 1 heterocycles. The Bertz CT molecular complexity index is 339. The molecule has 1 atom stereocenters. The fourth-order valence-electron chi connectivity index (χ4n) is 1.76. The van der Waals surface area contributed by atoms with E-state index in [9.17, 15) is 4.39 Å². The van der Waals surface area contributed by atoms with E-state index in [2.05, 4.69) is 5.32 Å². The molecule has 0 saturated carbocycles. The lowest BCUT2D eigenvalue weighted by Gasteiger charge is -2.25. The summed E-state index contributed by atoms with van der Waals surface area (Å²) in [6.45, 7) is 2.18. The number of halogens is 1. The summed E-state index contributed by atoms with van der Waals surface area (Å²) in [7, 11) is 0. The number of ether oxygens (including phenoxy) is 1. The van der Waals surface area contributed by atoms with Gasteiger partial charge in [-0.05, 0) is 18.4 Å².